The molecular formula is C5H8F3N3O. The zero-order chi connectivity index (χ0) is 9.19. The van der Waals surface area contributed by atoms with E-state index in [4.69, 9.17) is 5.11 Å². The summed E-state index contributed by atoms with van der Waals surface area (Å²) in [4.78, 5) is 3.61. The number of halogens is 3. The normalized spacial score (nSPS) is 21.0. The van der Waals surface area contributed by atoms with Crippen LogP contribution in [0.4, 0.5) is 13.2 Å². The highest BCUT2D eigenvalue weighted by Gasteiger charge is 2.39. The summed E-state index contributed by atoms with van der Waals surface area (Å²) in [5.74, 6) is 0. The van der Waals surface area contributed by atoms with E-state index >= 15 is 0 Å². The summed E-state index contributed by atoms with van der Waals surface area (Å²) in [6.45, 7) is -0.378. The fourth-order valence-corrected chi connectivity index (χ4v) is 0.725. The van der Waals surface area contributed by atoms with Crippen molar-refractivity contribution in [1.29, 1.82) is 0 Å². The van der Waals surface area contributed by atoms with Crippen molar-refractivity contribution in [2.45, 2.75) is 12.3 Å². The lowest BCUT2D eigenvalue weighted by atomic mass is 10.3. The largest absolute Gasteiger partial charge is 0.415 e. The number of aliphatic imine (C=N–C) groups is 1. The molecule has 4 nitrogen and oxygen atoms in total. The van der Waals surface area contributed by atoms with E-state index < -0.39 is 18.8 Å². The maximum atomic E-state index is 11.8. The van der Waals surface area contributed by atoms with Crippen molar-refractivity contribution in [2.24, 2.45) is 4.99 Å². The molecule has 7 heteroatoms. The van der Waals surface area contributed by atoms with Gasteiger partial charge in [-0.25, -0.2) is 0 Å². The van der Waals surface area contributed by atoms with Gasteiger partial charge in [-0.1, -0.05) is 0 Å². The van der Waals surface area contributed by atoms with Crippen LogP contribution in [0.25, 0.3) is 0 Å². The van der Waals surface area contributed by atoms with E-state index in [1.54, 1.807) is 0 Å². The molecule has 0 spiro atoms. The Morgan fingerprint density at radius 1 is 1.67 bits per heavy atom. The summed E-state index contributed by atoms with van der Waals surface area (Å²) in [5, 5.41) is 9.75. The molecule has 1 rings (SSSR count). The van der Waals surface area contributed by atoms with Gasteiger partial charge in [0, 0.05) is 0 Å². The minimum absolute atomic E-state index is 0.132. The van der Waals surface area contributed by atoms with Crippen LogP contribution in [0.15, 0.2) is 4.99 Å². The van der Waals surface area contributed by atoms with Crippen molar-refractivity contribution >= 4 is 6.34 Å². The SMILES string of the molecule is O[C@@H](CN1CN=CN1)C(F)(F)F. The lowest BCUT2D eigenvalue weighted by Gasteiger charge is -2.20. The lowest BCUT2D eigenvalue weighted by molar-refractivity contribution is -0.208. The van der Waals surface area contributed by atoms with E-state index in [2.05, 4.69) is 10.4 Å². The average molecular weight is 183 g/mol. The Morgan fingerprint density at radius 2 is 2.33 bits per heavy atom. The van der Waals surface area contributed by atoms with E-state index in [-0.39, 0.29) is 6.67 Å². The number of aliphatic hydroxyl groups is 1. The maximum absolute atomic E-state index is 11.8. The number of β-amino-alcohol motifs (C(OH)–C–C–N with tert-alkyl or cyclic N) is 1. The molecule has 0 aromatic heterocycles. The first-order valence-corrected chi connectivity index (χ1v) is 3.24. The van der Waals surface area contributed by atoms with Crippen LogP contribution in [0.2, 0.25) is 0 Å². The van der Waals surface area contributed by atoms with Gasteiger partial charge in [-0.15, -0.1) is 0 Å². The molecule has 0 aromatic carbocycles. The first-order chi connectivity index (χ1) is 5.50. The standard InChI is InChI=1S/C5H8F3N3O/c6-5(7,8)4(12)1-11-3-9-2-10-11/h2,4,12H,1,3H2,(H,9,10)/t4-/m0/s1. The van der Waals surface area contributed by atoms with E-state index in [1.807, 2.05) is 0 Å². The minimum atomic E-state index is -4.57. The van der Waals surface area contributed by atoms with Crippen LogP contribution < -0.4 is 5.43 Å². The first kappa shape index (κ1) is 9.27. The van der Waals surface area contributed by atoms with E-state index in [0.717, 1.165) is 5.01 Å². The van der Waals surface area contributed by atoms with Gasteiger partial charge in [-0.05, 0) is 0 Å². The van der Waals surface area contributed by atoms with E-state index in [1.165, 1.54) is 6.34 Å². The molecule has 1 aliphatic heterocycles. The molecule has 1 aliphatic rings. The Morgan fingerprint density at radius 3 is 2.75 bits per heavy atom. The molecule has 0 amide bonds. The van der Waals surface area contributed by atoms with Gasteiger partial charge in [0.15, 0.2) is 6.10 Å². The fraction of sp³-hybridized carbons (Fsp3) is 0.800. The second-order valence-electron chi connectivity index (χ2n) is 2.36. The van der Waals surface area contributed by atoms with Crippen molar-refractivity contribution in [3.05, 3.63) is 0 Å². The third-order valence-corrected chi connectivity index (χ3v) is 1.36. The predicted molar refractivity (Wildman–Crippen MR) is 35.3 cm³/mol. The van der Waals surface area contributed by atoms with Gasteiger partial charge >= 0.3 is 6.18 Å². The summed E-state index contributed by atoms with van der Waals surface area (Å²) in [5.41, 5.74) is 2.44. The van der Waals surface area contributed by atoms with Gasteiger partial charge in [-0.3, -0.25) is 4.99 Å². The number of alkyl halides is 3. The molecule has 0 fully saturated rings. The molecule has 0 saturated carbocycles. The van der Waals surface area contributed by atoms with Gasteiger partial charge < -0.3 is 10.5 Å². The Labute approximate surface area is 66.7 Å². The highest BCUT2D eigenvalue weighted by Crippen LogP contribution is 2.20. The number of nitrogens with zero attached hydrogens (tertiary/aromatic N) is 2. The Bertz CT molecular complexity index is 173. The van der Waals surface area contributed by atoms with Crippen LogP contribution in [-0.2, 0) is 0 Å². The summed E-state index contributed by atoms with van der Waals surface area (Å²) >= 11 is 0. The maximum Gasteiger partial charge on any atom is 0.415 e. The van der Waals surface area contributed by atoms with Gasteiger partial charge in [0.05, 0.1) is 12.9 Å². The topological polar surface area (TPSA) is 47.9 Å². The van der Waals surface area contributed by atoms with Gasteiger partial charge in [0.1, 0.15) is 6.67 Å². The molecule has 0 radical (unpaired) electrons. The third-order valence-electron chi connectivity index (χ3n) is 1.36. The molecular weight excluding hydrogens is 175 g/mol. The number of hydrazine groups is 1. The smallest absolute Gasteiger partial charge is 0.382 e. The van der Waals surface area contributed by atoms with Crippen molar-refractivity contribution in [3.63, 3.8) is 0 Å². The van der Waals surface area contributed by atoms with Crippen molar-refractivity contribution < 1.29 is 18.3 Å². The third kappa shape index (κ3) is 2.35. The van der Waals surface area contributed by atoms with E-state index in [0.29, 0.717) is 0 Å². The molecule has 0 aromatic rings. The molecule has 1 heterocycles. The van der Waals surface area contributed by atoms with Gasteiger partial charge in [0.2, 0.25) is 0 Å². The molecule has 70 valence electrons. The van der Waals surface area contributed by atoms with Crippen molar-refractivity contribution in [1.82, 2.24) is 10.4 Å². The molecule has 0 unspecified atom stereocenters. The monoisotopic (exact) mass is 183 g/mol. The average Bonchev–Trinajstić information content (AvgIpc) is 2.37. The second-order valence-corrected chi connectivity index (χ2v) is 2.36. The van der Waals surface area contributed by atoms with E-state index in [9.17, 15) is 13.2 Å². The van der Waals surface area contributed by atoms with Gasteiger partial charge in [0.25, 0.3) is 0 Å². The summed E-state index contributed by atoms with van der Waals surface area (Å²) in [6, 6.07) is 0. The number of hydrogen-bond acceptors (Lipinski definition) is 4. The van der Waals surface area contributed by atoms with Crippen LogP contribution in [0.3, 0.4) is 0 Å². The van der Waals surface area contributed by atoms with Crippen LogP contribution in [0, 0.1) is 0 Å². The zero-order valence-corrected chi connectivity index (χ0v) is 6.04. The number of rotatable bonds is 2. The number of nitrogens with one attached hydrogen (secondary N) is 1. The summed E-state index contributed by atoms with van der Waals surface area (Å²) in [6.07, 6.45) is -5.61. The number of hydrogen-bond donors (Lipinski definition) is 2. The minimum Gasteiger partial charge on any atom is -0.382 e. The van der Waals surface area contributed by atoms with Crippen molar-refractivity contribution in [3.8, 4) is 0 Å². The van der Waals surface area contributed by atoms with Crippen LogP contribution in [-0.4, -0.2) is 41.9 Å². The molecule has 0 saturated heterocycles. The van der Waals surface area contributed by atoms with Crippen molar-refractivity contribution in [2.75, 3.05) is 13.2 Å². The fourth-order valence-electron chi connectivity index (χ4n) is 0.725. The Balaban J connectivity index is 2.31. The molecule has 12 heavy (non-hydrogen) atoms. The van der Waals surface area contributed by atoms with Crippen LogP contribution in [0.5, 0.6) is 0 Å². The zero-order valence-electron chi connectivity index (χ0n) is 6.04. The quantitative estimate of drug-likeness (QED) is 0.618. The molecule has 1 atom stereocenters. The molecule has 2 N–H and O–H groups in total. The number of aliphatic hydroxyl groups excluding tert-OH is 1. The Hall–Kier alpha value is -0.820. The van der Waals surface area contributed by atoms with Crippen LogP contribution in [0.1, 0.15) is 0 Å². The summed E-state index contributed by atoms with van der Waals surface area (Å²) < 4.78 is 35.3. The lowest BCUT2D eigenvalue weighted by Crippen LogP contribution is -2.44. The molecule has 0 bridgehead atoms. The summed E-state index contributed by atoms with van der Waals surface area (Å²) in [7, 11) is 0. The second kappa shape index (κ2) is 3.28. The first-order valence-electron chi connectivity index (χ1n) is 3.24. The van der Waals surface area contributed by atoms with Gasteiger partial charge in [-0.2, -0.15) is 18.2 Å². The highest BCUT2D eigenvalue weighted by molar-refractivity contribution is 5.54. The molecule has 0 aliphatic carbocycles. The highest BCUT2D eigenvalue weighted by atomic mass is 19.4. The van der Waals surface area contributed by atoms with Crippen LogP contribution >= 0.6 is 0 Å². The Kier molecular flexibility index (Phi) is 2.53. The predicted octanol–water partition coefficient (Wildman–Crippen LogP) is -0.284.